The minimum absolute atomic E-state index is 0.131. The van der Waals surface area contributed by atoms with Crippen LogP contribution in [0.15, 0.2) is 12.1 Å². The molecule has 0 amide bonds. The maximum atomic E-state index is 11.0. The Kier molecular flexibility index (Phi) is 3.59. The predicted molar refractivity (Wildman–Crippen MR) is 69.3 cm³/mol. The van der Waals surface area contributed by atoms with Crippen LogP contribution in [0.1, 0.15) is 23.2 Å². The standard InChI is InChI=1S/C11H10ClIO3/c12-8-3-7(11(14)15)10(4-9(8)13)16-5-6-1-2-6/h3-4,6H,1-2,5H2,(H,14,15). The Balaban J connectivity index is 2.24. The van der Waals surface area contributed by atoms with Crippen molar-refractivity contribution in [1.82, 2.24) is 0 Å². The van der Waals surface area contributed by atoms with Crippen LogP contribution < -0.4 is 4.74 Å². The van der Waals surface area contributed by atoms with E-state index in [0.29, 0.717) is 23.3 Å². The normalized spacial score (nSPS) is 14.9. The number of carbonyl (C=O) groups is 1. The summed E-state index contributed by atoms with van der Waals surface area (Å²) in [6, 6.07) is 3.11. The molecule has 1 N–H and O–H groups in total. The van der Waals surface area contributed by atoms with Crippen LogP contribution in [0.5, 0.6) is 5.75 Å². The molecule has 1 aliphatic rings. The number of hydrogen-bond acceptors (Lipinski definition) is 2. The summed E-state index contributed by atoms with van der Waals surface area (Å²) < 4.78 is 6.31. The third-order valence-corrected chi connectivity index (χ3v) is 3.95. The van der Waals surface area contributed by atoms with Crippen LogP contribution in [0.25, 0.3) is 0 Å². The molecule has 16 heavy (non-hydrogen) atoms. The zero-order valence-electron chi connectivity index (χ0n) is 8.37. The maximum Gasteiger partial charge on any atom is 0.339 e. The molecule has 0 unspecified atom stereocenters. The van der Waals surface area contributed by atoms with Crippen LogP contribution in [0.4, 0.5) is 0 Å². The van der Waals surface area contributed by atoms with Gasteiger partial charge in [-0.15, -0.1) is 0 Å². The van der Waals surface area contributed by atoms with Crippen molar-refractivity contribution in [3.8, 4) is 5.75 Å². The molecule has 86 valence electrons. The molecule has 1 aromatic carbocycles. The highest BCUT2D eigenvalue weighted by Crippen LogP contribution is 2.32. The van der Waals surface area contributed by atoms with Crippen molar-refractivity contribution in [1.29, 1.82) is 0 Å². The first-order valence-electron chi connectivity index (χ1n) is 4.93. The van der Waals surface area contributed by atoms with E-state index in [0.717, 1.165) is 3.57 Å². The van der Waals surface area contributed by atoms with Gasteiger partial charge >= 0.3 is 5.97 Å². The highest BCUT2D eigenvalue weighted by Gasteiger charge is 2.23. The summed E-state index contributed by atoms with van der Waals surface area (Å²) in [4.78, 5) is 11.0. The zero-order valence-corrected chi connectivity index (χ0v) is 11.3. The SMILES string of the molecule is O=C(O)c1cc(Cl)c(I)cc1OCC1CC1. The van der Waals surface area contributed by atoms with E-state index in [4.69, 9.17) is 21.4 Å². The van der Waals surface area contributed by atoms with Gasteiger partial charge in [0, 0.05) is 3.57 Å². The minimum atomic E-state index is -1.01. The lowest BCUT2D eigenvalue weighted by atomic mass is 10.2. The van der Waals surface area contributed by atoms with Crippen LogP contribution in [0, 0.1) is 9.49 Å². The van der Waals surface area contributed by atoms with Crippen molar-refractivity contribution in [3.05, 3.63) is 26.3 Å². The van der Waals surface area contributed by atoms with Crippen molar-refractivity contribution in [2.45, 2.75) is 12.8 Å². The fourth-order valence-corrected chi connectivity index (χ4v) is 1.91. The molecule has 1 fully saturated rings. The van der Waals surface area contributed by atoms with E-state index in [1.807, 2.05) is 0 Å². The summed E-state index contributed by atoms with van der Waals surface area (Å²) >= 11 is 7.94. The Labute approximate surface area is 112 Å². The summed E-state index contributed by atoms with van der Waals surface area (Å²) in [5.41, 5.74) is 0.131. The van der Waals surface area contributed by atoms with E-state index in [9.17, 15) is 4.79 Å². The molecule has 0 aliphatic heterocycles. The highest BCUT2D eigenvalue weighted by atomic mass is 127. The molecule has 0 saturated heterocycles. The van der Waals surface area contributed by atoms with Gasteiger partial charge in [0.05, 0.1) is 11.6 Å². The molecule has 3 nitrogen and oxygen atoms in total. The molecule has 1 aliphatic carbocycles. The molecule has 0 heterocycles. The van der Waals surface area contributed by atoms with Crippen LogP contribution in [-0.4, -0.2) is 17.7 Å². The average molecular weight is 353 g/mol. The Morgan fingerprint density at radius 3 is 2.81 bits per heavy atom. The first kappa shape index (κ1) is 12.0. The van der Waals surface area contributed by atoms with E-state index in [-0.39, 0.29) is 5.56 Å². The van der Waals surface area contributed by atoms with Crippen LogP contribution >= 0.6 is 34.2 Å². The lowest BCUT2D eigenvalue weighted by Crippen LogP contribution is -2.06. The number of rotatable bonds is 4. The zero-order chi connectivity index (χ0) is 11.7. The van der Waals surface area contributed by atoms with E-state index in [1.165, 1.54) is 18.9 Å². The highest BCUT2D eigenvalue weighted by molar-refractivity contribution is 14.1. The third-order valence-electron chi connectivity index (χ3n) is 2.42. The Morgan fingerprint density at radius 2 is 2.25 bits per heavy atom. The average Bonchev–Trinajstić information content (AvgIpc) is 3.02. The summed E-state index contributed by atoms with van der Waals surface area (Å²) in [5.74, 6) is -0.00715. The van der Waals surface area contributed by atoms with Crippen molar-refractivity contribution < 1.29 is 14.6 Å². The summed E-state index contributed by atoms with van der Waals surface area (Å²) in [6.07, 6.45) is 2.35. The molecule has 1 saturated carbocycles. The quantitative estimate of drug-likeness (QED) is 0.845. The summed E-state index contributed by atoms with van der Waals surface area (Å²) in [6.45, 7) is 0.595. The monoisotopic (exact) mass is 352 g/mol. The van der Waals surface area contributed by atoms with Gasteiger partial charge in [-0.05, 0) is 53.5 Å². The second kappa shape index (κ2) is 4.79. The first-order valence-corrected chi connectivity index (χ1v) is 6.38. The number of hydrogen-bond donors (Lipinski definition) is 1. The molecule has 0 bridgehead atoms. The van der Waals surface area contributed by atoms with Gasteiger partial charge in [0.2, 0.25) is 0 Å². The van der Waals surface area contributed by atoms with E-state index >= 15 is 0 Å². The number of halogens is 2. The Bertz CT molecular complexity index is 429. The van der Waals surface area contributed by atoms with Gasteiger partial charge in [-0.25, -0.2) is 4.79 Å². The van der Waals surface area contributed by atoms with Gasteiger partial charge in [0.25, 0.3) is 0 Å². The van der Waals surface area contributed by atoms with Gasteiger partial charge in [-0.1, -0.05) is 11.6 Å². The molecule has 0 spiro atoms. The fraction of sp³-hybridized carbons (Fsp3) is 0.364. The molecule has 5 heteroatoms. The number of carboxylic acid groups (broad SMARTS) is 1. The van der Waals surface area contributed by atoms with E-state index in [2.05, 4.69) is 22.6 Å². The first-order chi connectivity index (χ1) is 7.58. The van der Waals surface area contributed by atoms with Crippen LogP contribution in [0.3, 0.4) is 0 Å². The van der Waals surface area contributed by atoms with Crippen molar-refractivity contribution >= 4 is 40.2 Å². The van der Waals surface area contributed by atoms with Gasteiger partial charge in [-0.2, -0.15) is 0 Å². The molecule has 0 radical (unpaired) electrons. The second-order valence-corrected chi connectivity index (χ2v) is 5.39. The van der Waals surface area contributed by atoms with Gasteiger partial charge in [-0.3, -0.25) is 0 Å². The van der Waals surface area contributed by atoms with E-state index in [1.54, 1.807) is 6.07 Å². The Morgan fingerprint density at radius 1 is 1.56 bits per heavy atom. The van der Waals surface area contributed by atoms with E-state index < -0.39 is 5.97 Å². The summed E-state index contributed by atoms with van der Waals surface area (Å²) in [7, 11) is 0. The topological polar surface area (TPSA) is 46.5 Å². The van der Waals surface area contributed by atoms with Crippen molar-refractivity contribution in [2.24, 2.45) is 5.92 Å². The van der Waals surface area contributed by atoms with Crippen LogP contribution in [0.2, 0.25) is 5.02 Å². The Hall–Kier alpha value is -0.490. The largest absolute Gasteiger partial charge is 0.492 e. The van der Waals surface area contributed by atoms with Gasteiger partial charge in [0.1, 0.15) is 11.3 Å². The number of ether oxygens (including phenoxy) is 1. The van der Waals surface area contributed by atoms with Gasteiger partial charge < -0.3 is 9.84 Å². The molecule has 0 aromatic heterocycles. The van der Waals surface area contributed by atoms with Crippen LogP contribution in [-0.2, 0) is 0 Å². The van der Waals surface area contributed by atoms with Gasteiger partial charge in [0.15, 0.2) is 0 Å². The predicted octanol–water partition coefficient (Wildman–Crippen LogP) is 3.43. The summed E-state index contributed by atoms with van der Waals surface area (Å²) in [5, 5.41) is 9.46. The maximum absolute atomic E-state index is 11.0. The second-order valence-electron chi connectivity index (χ2n) is 3.82. The molecule has 0 atom stereocenters. The molecule has 1 aromatic rings. The molecular weight excluding hydrogens is 342 g/mol. The number of carboxylic acids is 1. The lowest BCUT2D eigenvalue weighted by Gasteiger charge is -2.10. The number of benzene rings is 1. The molecule has 2 rings (SSSR count). The smallest absolute Gasteiger partial charge is 0.339 e. The van der Waals surface area contributed by atoms with Crippen molar-refractivity contribution in [2.75, 3.05) is 6.61 Å². The fourth-order valence-electron chi connectivity index (χ4n) is 1.31. The van der Waals surface area contributed by atoms with Crippen molar-refractivity contribution in [3.63, 3.8) is 0 Å². The number of aromatic carboxylic acids is 1. The molecular formula is C11H10ClIO3. The third kappa shape index (κ3) is 2.79. The minimum Gasteiger partial charge on any atom is -0.492 e. The lowest BCUT2D eigenvalue weighted by molar-refractivity contribution is 0.0692.